The van der Waals surface area contributed by atoms with Crippen molar-refractivity contribution in [3.05, 3.63) is 45.0 Å². The topological polar surface area (TPSA) is 104 Å². The van der Waals surface area contributed by atoms with Crippen LogP contribution in [0.25, 0.3) is 6.08 Å². The van der Waals surface area contributed by atoms with Gasteiger partial charge in [-0.25, -0.2) is 0 Å². The molecule has 0 aliphatic rings. The molecule has 0 radical (unpaired) electrons. The zero-order valence-electron chi connectivity index (χ0n) is 14.9. The summed E-state index contributed by atoms with van der Waals surface area (Å²) in [5, 5.41) is 29.9. The van der Waals surface area contributed by atoms with Crippen molar-refractivity contribution in [1.82, 2.24) is 0 Å². The molecule has 134 valence electrons. The van der Waals surface area contributed by atoms with Crippen LogP contribution in [0.15, 0.2) is 23.8 Å². The first-order valence-corrected chi connectivity index (χ1v) is 8.31. The van der Waals surface area contributed by atoms with E-state index in [2.05, 4.69) is 6.92 Å². The molecule has 0 atom stereocenters. The maximum Gasteiger partial charge on any atom is 0.276 e. The number of nitro groups is 1. The van der Waals surface area contributed by atoms with Gasteiger partial charge in [-0.3, -0.25) is 14.9 Å². The predicted molar refractivity (Wildman–Crippen MR) is 95.8 cm³/mol. The summed E-state index contributed by atoms with van der Waals surface area (Å²) >= 11 is 0. The van der Waals surface area contributed by atoms with Gasteiger partial charge in [0.05, 0.1) is 28.1 Å². The number of carbonyl (C=O) groups excluding carboxylic acids is 1. The van der Waals surface area contributed by atoms with Gasteiger partial charge in [0.2, 0.25) is 0 Å². The molecule has 1 aromatic carbocycles. The van der Waals surface area contributed by atoms with Gasteiger partial charge in [0.1, 0.15) is 6.07 Å². The summed E-state index contributed by atoms with van der Waals surface area (Å²) in [6.07, 6.45) is 5.05. The number of nitrogens with zero attached hydrogens (tertiary/aromatic N) is 2. The molecular formula is C19H24N2O4. The fourth-order valence-electron chi connectivity index (χ4n) is 2.34. The summed E-state index contributed by atoms with van der Waals surface area (Å²) in [6, 6.07) is 6.64. The molecule has 0 fully saturated rings. The lowest BCUT2D eigenvalue weighted by Crippen LogP contribution is -2.29. The zero-order valence-corrected chi connectivity index (χ0v) is 14.9. The van der Waals surface area contributed by atoms with Crippen molar-refractivity contribution in [1.29, 1.82) is 5.26 Å². The Hall–Kier alpha value is -2.52. The summed E-state index contributed by atoms with van der Waals surface area (Å²) in [5.41, 5.74) is -0.380. The first kappa shape index (κ1) is 20.5. The van der Waals surface area contributed by atoms with Crippen LogP contribution >= 0.6 is 0 Å². The second-order valence-electron chi connectivity index (χ2n) is 6.65. The summed E-state index contributed by atoms with van der Waals surface area (Å²) in [6.45, 7) is 4.71. The van der Waals surface area contributed by atoms with E-state index in [9.17, 15) is 25.3 Å². The van der Waals surface area contributed by atoms with Gasteiger partial charge in [-0.05, 0) is 30.5 Å². The Morgan fingerprint density at radius 2 is 2.08 bits per heavy atom. The third-order valence-corrected chi connectivity index (χ3v) is 4.04. The van der Waals surface area contributed by atoms with E-state index < -0.39 is 22.7 Å². The molecule has 25 heavy (non-hydrogen) atoms. The lowest BCUT2D eigenvalue weighted by atomic mass is 9.84. The molecule has 1 aromatic rings. The van der Waals surface area contributed by atoms with E-state index in [-0.39, 0.29) is 16.8 Å². The number of aryl methyl sites for hydroxylation is 1. The summed E-state index contributed by atoms with van der Waals surface area (Å²) < 4.78 is 0. The van der Waals surface area contributed by atoms with Crippen LogP contribution in [-0.2, 0) is 11.2 Å². The number of hydrogen-bond acceptors (Lipinski definition) is 5. The molecule has 0 aliphatic heterocycles. The highest BCUT2D eigenvalue weighted by Gasteiger charge is 2.30. The summed E-state index contributed by atoms with van der Waals surface area (Å²) in [5.74, 6) is -0.543. The Morgan fingerprint density at radius 1 is 1.40 bits per heavy atom. The van der Waals surface area contributed by atoms with Crippen molar-refractivity contribution in [3.63, 3.8) is 0 Å². The number of benzene rings is 1. The Balaban J connectivity index is 3.24. The van der Waals surface area contributed by atoms with E-state index >= 15 is 0 Å². The number of allylic oxidation sites excluding steroid dienone is 1. The number of Topliss-reactive ketones (excluding diaryl/α,β-unsaturated/α-hetero) is 1. The lowest BCUT2D eigenvalue weighted by molar-refractivity contribution is -0.385. The van der Waals surface area contributed by atoms with Crippen LogP contribution in [0.5, 0.6) is 0 Å². The average Bonchev–Trinajstić information content (AvgIpc) is 2.59. The first-order valence-electron chi connectivity index (χ1n) is 8.31. The second-order valence-corrected chi connectivity index (χ2v) is 6.65. The molecule has 0 aromatic heterocycles. The van der Waals surface area contributed by atoms with Crippen molar-refractivity contribution in [2.45, 2.75) is 46.5 Å². The summed E-state index contributed by atoms with van der Waals surface area (Å²) in [4.78, 5) is 23.2. The van der Waals surface area contributed by atoms with Gasteiger partial charge in [-0.15, -0.1) is 0 Å². The van der Waals surface area contributed by atoms with Gasteiger partial charge in [0.25, 0.3) is 5.69 Å². The number of aliphatic hydroxyl groups is 1. The monoisotopic (exact) mass is 344 g/mol. The lowest BCUT2D eigenvalue weighted by Gasteiger charge is -2.18. The highest BCUT2D eigenvalue weighted by atomic mass is 16.6. The minimum absolute atomic E-state index is 0.128. The molecule has 0 amide bonds. The molecule has 0 heterocycles. The normalized spacial score (nSPS) is 11.9. The van der Waals surface area contributed by atoms with Gasteiger partial charge in [-0.1, -0.05) is 39.7 Å². The van der Waals surface area contributed by atoms with Gasteiger partial charge < -0.3 is 5.11 Å². The van der Waals surface area contributed by atoms with E-state index in [1.165, 1.54) is 26.0 Å². The van der Waals surface area contributed by atoms with Gasteiger partial charge in [0, 0.05) is 6.07 Å². The van der Waals surface area contributed by atoms with E-state index in [0.717, 1.165) is 31.2 Å². The molecule has 0 spiro atoms. The van der Waals surface area contributed by atoms with Crippen LogP contribution < -0.4 is 0 Å². The van der Waals surface area contributed by atoms with Gasteiger partial charge >= 0.3 is 0 Å². The Kier molecular flexibility index (Phi) is 7.46. The Bertz CT molecular complexity index is 715. The number of nitriles is 1. The standard InChI is InChI=1S/C19H24N2O4/c1-4-5-6-7-14-8-9-15(17(10-14)21(24)25)11-16(12-20)18(23)19(2,3)13-22/h8-11,22H,4-7,13H2,1-3H3. The number of carbonyl (C=O) groups is 1. The van der Waals surface area contributed by atoms with Gasteiger partial charge in [-0.2, -0.15) is 5.26 Å². The van der Waals surface area contributed by atoms with Crippen molar-refractivity contribution in [3.8, 4) is 6.07 Å². The quantitative estimate of drug-likeness (QED) is 0.241. The van der Waals surface area contributed by atoms with Crippen LogP contribution in [0.4, 0.5) is 5.69 Å². The number of rotatable bonds is 9. The second kappa shape index (κ2) is 9.09. The maximum absolute atomic E-state index is 12.3. The van der Waals surface area contributed by atoms with Crippen LogP contribution in [0.3, 0.4) is 0 Å². The van der Waals surface area contributed by atoms with Crippen molar-refractivity contribution >= 4 is 17.5 Å². The third-order valence-electron chi connectivity index (χ3n) is 4.04. The van der Waals surface area contributed by atoms with Crippen LogP contribution in [0.2, 0.25) is 0 Å². The largest absolute Gasteiger partial charge is 0.395 e. The number of aliphatic hydroxyl groups excluding tert-OH is 1. The number of unbranched alkanes of at least 4 members (excludes halogenated alkanes) is 2. The number of ketones is 1. The van der Waals surface area contributed by atoms with E-state index in [4.69, 9.17) is 0 Å². The molecule has 6 heteroatoms. The molecular weight excluding hydrogens is 320 g/mol. The fraction of sp³-hybridized carbons (Fsp3) is 0.474. The predicted octanol–water partition coefficient (Wildman–Crippen LogP) is 3.82. The molecule has 1 rings (SSSR count). The van der Waals surface area contributed by atoms with Crippen LogP contribution in [-0.4, -0.2) is 22.4 Å². The number of nitro benzene ring substituents is 1. The minimum atomic E-state index is -1.11. The average molecular weight is 344 g/mol. The van der Waals surface area contributed by atoms with E-state index in [1.54, 1.807) is 18.2 Å². The SMILES string of the molecule is CCCCCc1ccc(C=C(C#N)C(=O)C(C)(C)CO)c([N+](=O)[O-])c1. The van der Waals surface area contributed by atoms with Crippen LogP contribution in [0.1, 0.15) is 51.2 Å². The minimum Gasteiger partial charge on any atom is -0.395 e. The highest BCUT2D eigenvalue weighted by molar-refractivity contribution is 6.06. The molecule has 0 unspecified atom stereocenters. The van der Waals surface area contributed by atoms with E-state index in [1.807, 2.05) is 0 Å². The summed E-state index contributed by atoms with van der Waals surface area (Å²) in [7, 11) is 0. The highest BCUT2D eigenvalue weighted by Crippen LogP contribution is 2.27. The van der Waals surface area contributed by atoms with Crippen molar-refractivity contribution in [2.75, 3.05) is 6.61 Å². The Morgan fingerprint density at radius 3 is 2.60 bits per heavy atom. The molecule has 0 saturated carbocycles. The molecule has 0 bridgehead atoms. The third kappa shape index (κ3) is 5.50. The number of hydrogen-bond donors (Lipinski definition) is 1. The molecule has 0 aliphatic carbocycles. The van der Waals surface area contributed by atoms with Crippen LogP contribution in [0, 0.1) is 26.9 Å². The van der Waals surface area contributed by atoms with Crippen molar-refractivity contribution < 1.29 is 14.8 Å². The first-order chi connectivity index (χ1) is 11.8. The fourth-order valence-corrected chi connectivity index (χ4v) is 2.34. The smallest absolute Gasteiger partial charge is 0.276 e. The zero-order chi connectivity index (χ0) is 19.0. The molecule has 1 N–H and O–H groups in total. The van der Waals surface area contributed by atoms with Crippen molar-refractivity contribution in [2.24, 2.45) is 5.41 Å². The Labute approximate surface area is 147 Å². The maximum atomic E-state index is 12.3. The molecule has 0 saturated heterocycles. The molecule has 6 nitrogen and oxygen atoms in total. The van der Waals surface area contributed by atoms with E-state index in [0.29, 0.717) is 0 Å². The van der Waals surface area contributed by atoms with Gasteiger partial charge in [0.15, 0.2) is 5.78 Å².